The molecule has 3 rings (SSSR count). The fraction of sp³-hybridized carbons (Fsp3) is 0.412. The third kappa shape index (κ3) is 2.74. The Morgan fingerprint density at radius 3 is 2.53 bits per heavy atom. The first kappa shape index (κ1) is 12.5. The number of aliphatic hydroxyl groups is 1. The molecule has 100 valence electrons. The van der Waals surface area contributed by atoms with Gasteiger partial charge in [-0.15, -0.1) is 0 Å². The monoisotopic (exact) mass is 256 g/mol. The van der Waals surface area contributed by atoms with Gasteiger partial charge in [-0.3, -0.25) is 0 Å². The lowest BCUT2D eigenvalue weighted by Gasteiger charge is -2.08. The predicted molar refractivity (Wildman–Crippen MR) is 75.1 cm³/mol. The second kappa shape index (κ2) is 4.86. The van der Waals surface area contributed by atoms with Crippen molar-refractivity contribution in [3.05, 3.63) is 59.0 Å². The predicted octanol–water partition coefficient (Wildman–Crippen LogP) is 3.99. The second-order valence-corrected chi connectivity index (χ2v) is 5.77. The molecule has 1 heterocycles. The van der Waals surface area contributed by atoms with E-state index >= 15 is 0 Å². The largest absolute Gasteiger partial charge is 0.463 e. The van der Waals surface area contributed by atoms with Crippen molar-refractivity contribution in [2.45, 2.75) is 38.7 Å². The Morgan fingerprint density at radius 2 is 1.89 bits per heavy atom. The van der Waals surface area contributed by atoms with Gasteiger partial charge in [0.1, 0.15) is 17.6 Å². The SMILES string of the molecule is Cc1ccc(CC(O)c2ccc(C3CC3C)o2)cc1. The van der Waals surface area contributed by atoms with E-state index in [1.54, 1.807) is 0 Å². The van der Waals surface area contributed by atoms with Crippen LogP contribution in [0.3, 0.4) is 0 Å². The maximum atomic E-state index is 10.2. The number of rotatable bonds is 4. The van der Waals surface area contributed by atoms with Gasteiger partial charge in [0.15, 0.2) is 0 Å². The van der Waals surface area contributed by atoms with Crippen LogP contribution in [0.25, 0.3) is 0 Å². The topological polar surface area (TPSA) is 33.4 Å². The summed E-state index contributed by atoms with van der Waals surface area (Å²) >= 11 is 0. The summed E-state index contributed by atoms with van der Waals surface area (Å²) in [6.45, 7) is 4.30. The number of hydrogen-bond donors (Lipinski definition) is 1. The van der Waals surface area contributed by atoms with Crippen LogP contribution in [0.2, 0.25) is 0 Å². The van der Waals surface area contributed by atoms with Gasteiger partial charge in [-0.25, -0.2) is 0 Å². The number of furan rings is 1. The van der Waals surface area contributed by atoms with Crippen molar-refractivity contribution in [1.82, 2.24) is 0 Å². The Morgan fingerprint density at radius 1 is 1.21 bits per heavy atom. The highest BCUT2D eigenvalue weighted by molar-refractivity contribution is 5.24. The Labute approximate surface area is 114 Å². The molecule has 19 heavy (non-hydrogen) atoms. The van der Waals surface area contributed by atoms with Gasteiger partial charge in [0.25, 0.3) is 0 Å². The Bertz CT molecular complexity index is 553. The highest BCUT2D eigenvalue weighted by Gasteiger charge is 2.36. The Hall–Kier alpha value is -1.54. The molecule has 1 aliphatic rings. The zero-order valence-electron chi connectivity index (χ0n) is 11.5. The number of aryl methyl sites for hydroxylation is 1. The third-order valence-electron chi connectivity index (χ3n) is 4.00. The van der Waals surface area contributed by atoms with E-state index in [0.717, 1.165) is 17.2 Å². The van der Waals surface area contributed by atoms with Crippen molar-refractivity contribution in [2.24, 2.45) is 5.92 Å². The van der Waals surface area contributed by atoms with Crippen LogP contribution in [-0.2, 0) is 6.42 Å². The quantitative estimate of drug-likeness (QED) is 0.897. The van der Waals surface area contributed by atoms with E-state index in [-0.39, 0.29) is 0 Å². The Balaban J connectivity index is 1.68. The molecule has 1 saturated carbocycles. The van der Waals surface area contributed by atoms with Gasteiger partial charge in [0.2, 0.25) is 0 Å². The second-order valence-electron chi connectivity index (χ2n) is 5.77. The van der Waals surface area contributed by atoms with Crippen molar-refractivity contribution in [1.29, 1.82) is 0 Å². The lowest BCUT2D eigenvalue weighted by Crippen LogP contribution is -2.00. The van der Waals surface area contributed by atoms with E-state index in [1.807, 2.05) is 12.1 Å². The summed E-state index contributed by atoms with van der Waals surface area (Å²) < 4.78 is 5.79. The average Bonchev–Trinajstić information content (AvgIpc) is 2.93. The molecule has 2 heteroatoms. The van der Waals surface area contributed by atoms with E-state index < -0.39 is 6.10 Å². The minimum atomic E-state index is -0.550. The molecular weight excluding hydrogens is 236 g/mol. The van der Waals surface area contributed by atoms with Gasteiger partial charge in [-0.05, 0) is 37.0 Å². The lowest BCUT2D eigenvalue weighted by atomic mass is 10.1. The van der Waals surface area contributed by atoms with Crippen LogP contribution in [0.4, 0.5) is 0 Å². The summed E-state index contributed by atoms with van der Waals surface area (Å²) in [4.78, 5) is 0. The van der Waals surface area contributed by atoms with Crippen molar-refractivity contribution >= 4 is 0 Å². The van der Waals surface area contributed by atoms with Gasteiger partial charge in [-0.1, -0.05) is 36.8 Å². The number of benzene rings is 1. The maximum absolute atomic E-state index is 10.2. The van der Waals surface area contributed by atoms with E-state index in [1.165, 1.54) is 12.0 Å². The molecular formula is C17H20O2. The lowest BCUT2D eigenvalue weighted by molar-refractivity contribution is 0.148. The Kier molecular flexibility index (Phi) is 3.19. The molecule has 1 aromatic heterocycles. The molecule has 1 aromatic carbocycles. The first-order valence-corrected chi connectivity index (χ1v) is 6.96. The van der Waals surface area contributed by atoms with Crippen LogP contribution in [-0.4, -0.2) is 5.11 Å². The first-order chi connectivity index (χ1) is 9.13. The van der Waals surface area contributed by atoms with Crippen LogP contribution < -0.4 is 0 Å². The highest BCUT2D eigenvalue weighted by atomic mass is 16.4. The molecule has 1 N–H and O–H groups in total. The molecule has 0 radical (unpaired) electrons. The van der Waals surface area contributed by atoms with Crippen LogP contribution >= 0.6 is 0 Å². The summed E-state index contributed by atoms with van der Waals surface area (Å²) in [6, 6.07) is 12.2. The summed E-state index contributed by atoms with van der Waals surface area (Å²) in [5, 5.41) is 10.2. The molecule has 1 aliphatic carbocycles. The van der Waals surface area contributed by atoms with Gasteiger partial charge in [0.05, 0.1) is 0 Å². The average molecular weight is 256 g/mol. The molecule has 0 bridgehead atoms. The zero-order chi connectivity index (χ0) is 13.4. The van der Waals surface area contributed by atoms with E-state index in [9.17, 15) is 5.11 Å². The zero-order valence-corrected chi connectivity index (χ0v) is 11.5. The minimum absolute atomic E-state index is 0.550. The fourth-order valence-electron chi connectivity index (χ4n) is 2.51. The van der Waals surface area contributed by atoms with Crippen LogP contribution in [0.1, 0.15) is 48.0 Å². The molecule has 0 amide bonds. The normalized spacial score (nSPS) is 23.3. The summed E-state index contributed by atoms with van der Waals surface area (Å²) in [5.41, 5.74) is 2.37. The number of aliphatic hydroxyl groups excluding tert-OH is 1. The smallest absolute Gasteiger partial charge is 0.133 e. The van der Waals surface area contributed by atoms with E-state index in [4.69, 9.17) is 4.42 Å². The van der Waals surface area contributed by atoms with Gasteiger partial charge in [0, 0.05) is 12.3 Å². The molecule has 0 saturated heterocycles. The molecule has 1 fully saturated rings. The summed E-state index contributed by atoms with van der Waals surface area (Å²) in [7, 11) is 0. The van der Waals surface area contributed by atoms with Crippen molar-refractivity contribution in [2.75, 3.05) is 0 Å². The number of hydrogen-bond acceptors (Lipinski definition) is 2. The van der Waals surface area contributed by atoms with Crippen molar-refractivity contribution < 1.29 is 9.52 Å². The van der Waals surface area contributed by atoms with Gasteiger partial charge >= 0.3 is 0 Å². The highest BCUT2D eigenvalue weighted by Crippen LogP contribution is 2.47. The molecule has 3 atom stereocenters. The molecule has 3 unspecified atom stereocenters. The van der Waals surface area contributed by atoms with Crippen molar-refractivity contribution in [3.8, 4) is 0 Å². The van der Waals surface area contributed by atoms with Crippen LogP contribution in [0, 0.1) is 12.8 Å². The maximum Gasteiger partial charge on any atom is 0.133 e. The summed E-state index contributed by atoms with van der Waals surface area (Å²) in [5.74, 6) is 3.02. The van der Waals surface area contributed by atoms with E-state index in [0.29, 0.717) is 18.1 Å². The first-order valence-electron chi connectivity index (χ1n) is 6.96. The van der Waals surface area contributed by atoms with Gasteiger partial charge in [-0.2, -0.15) is 0 Å². The van der Waals surface area contributed by atoms with Crippen LogP contribution in [0.5, 0.6) is 0 Å². The minimum Gasteiger partial charge on any atom is -0.463 e. The van der Waals surface area contributed by atoms with Gasteiger partial charge < -0.3 is 9.52 Å². The van der Waals surface area contributed by atoms with Crippen molar-refractivity contribution in [3.63, 3.8) is 0 Å². The molecule has 0 spiro atoms. The molecule has 2 nitrogen and oxygen atoms in total. The fourth-order valence-corrected chi connectivity index (χ4v) is 2.51. The van der Waals surface area contributed by atoms with Crippen LogP contribution in [0.15, 0.2) is 40.8 Å². The summed E-state index contributed by atoms with van der Waals surface area (Å²) in [6.07, 6.45) is 1.26. The molecule has 0 aliphatic heterocycles. The molecule has 2 aromatic rings. The van der Waals surface area contributed by atoms with E-state index in [2.05, 4.69) is 38.1 Å². The third-order valence-corrected chi connectivity index (χ3v) is 4.00. The standard InChI is InChI=1S/C17H20O2/c1-11-3-5-13(6-4-11)10-15(18)17-8-7-16(19-17)14-9-12(14)2/h3-8,12,14-15,18H,9-10H2,1-2H3.